The highest BCUT2D eigenvalue weighted by molar-refractivity contribution is 5.56. The first-order chi connectivity index (χ1) is 14.5. The lowest BCUT2D eigenvalue weighted by Crippen LogP contribution is -2.31. The van der Waals surface area contributed by atoms with E-state index in [1.165, 1.54) is 11.3 Å². The van der Waals surface area contributed by atoms with Gasteiger partial charge in [-0.3, -0.25) is 0 Å². The van der Waals surface area contributed by atoms with Crippen LogP contribution in [0.1, 0.15) is 64.0 Å². The van der Waals surface area contributed by atoms with E-state index < -0.39 is 0 Å². The molecule has 158 valence electrons. The van der Waals surface area contributed by atoms with Gasteiger partial charge in [-0.25, -0.2) is 4.98 Å². The lowest BCUT2D eigenvalue weighted by Gasteiger charge is -2.34. The topological polar surface area (TPSA) is 74.1 Å². The number of hydrogen-bond acceptors (Lipinski definition) is 6. The summed E-state index contributed by atoms with van der Waals surface area (Å²) >= 11 is 0. The summed E-state index contributed by atoms with van der Waals surface area (Å²) in [5.41, 5.74) is 3.17. The van der Waals surface area contributed by atoms with Crippen LogP contribution in [0.2, 0.25) is 0 Å². The number of hydrogen-bond donors (Lipinski definition) is 1. The predicted molar refractivity (Wildman–Crippen MR) is 120 cm³/mol. The maximum Gasteiger partial charge on any atom is 0.215 e. The second-order valence-corrected chi connectivity index (χ2v) is 7.97. The number of likely N-dealkylation sites (tertiary alicyclic amines) is 1. The third kappa shape index (κ3) is 5.73. The van der Waals surface area contributed by atoms with E-state index >= 15 is 0 Å². The van der Waals surface area contributed by atoms with Crippen LogP contribution in [0.25, 0.3) is 0 Å². The molecule has 6 nitrogen and oxygen atoms in total. The summed E-state index contributed by atoms with van der Waals surface area (Å²) in [6.45, 7) is 10.5. The Hall–Kier alpha value is -3.07. The van der Waals surface area contributed by atoms with E-state index in [9.17, 15) is 0 Å². The van der Waals surface area contributed by atoms with Gasteiger partial charge in [-0.05, 0) is 69.7 Å². The van der Waals surface area contributed by atoms with E-state index in [-0.39, 0.29) is 6.10 Å². The lowest BCUT2D eigenvalue weighted by atomic mass is 9.89. The molecule has 1 aliphatic rings. The second kappa shape index (κ2) is 10.1. The molecule has 0 unspecified atom stereocenters. The molecule has 1 saturated heterocycles. The molecule has 30 heavy (non-hydrogen) atoms. The zero-order valence-electron chi connectivity index (χ0n) is 18.4. The fourth-order valence-corrected chi connectivity index (χ4v) is 3.82. The summed E-state index contributed by atoms with van der Waals surface area (Å²) in [6, 6.07) is 9.70. The largest absolute Gasteiger partial charge is 0.475 e. The maximum absolute atomic E-state index is 9.13. The van der Waals surface area contributed by atoms with Crippen molar-refractivity contribution in [2.75, 3.05) is 18.4 Å². The molecule has 0 atom stereocenters. The number of aromatic nitrogens is 2. The maximum atomic E-state index is 9.13. The van der Waals surface area contributed by atoms with Gasteiger partial charge in [0.25, 0.3) is 0 Å². The Kier molecular flexibility index (Phi) is 7.29. The predicted octanol–water partition coefficient (Wildman–Crippen LogP) is 5.37. The number of piperidine rings is 1. The summed E-state index contributed by atoms with van der Waals surface area (Å²) in [4.78, 5) is 11.4. The quantitative estimate of drug-likeness (QED) is 0.667. The van der Waals surface area contributed by atoms with Crippen molar-refractivity contribution in [2.45, 2.75) is 59.0 Å². The minimum absolute atomic E-state index is 0.0457. The van der Waals surface area contributed by atoms with Crippen LogP contribution in [0.4, 0.5) is 11.6 Å². The summed E-state index contributed by atoms with van der Waals surface area (Å²) in [5, 5.41) is 12.4. The van der Waals surface area contributed by atoms with E-state index in [2.05, 4.69) is 58.3 Å². The highest BCUT2D eigenvalue weighted by Crippen LogP contribution is 2.33. The van der Waals surface area contributed by atoms with Crippen molar-refractivity contribution in [3.8, 4) is 11.9 Å². The number of pyridine rings is 2. The van der Waals surface area contributed by atoms with Crippen LogP contribution in [-0.2, 0) is 0 Å². The SMILES string of the molecule is CC/C=C(/C)N1CCC(c2cc(Nc3cc(C#N)ccn3)nc(OC(C)C)c2)CC1. The monoisotopic (exact) mass is 405 g/mol. The van der Waals surface area contributed by atoms with Gasteiger partial charge in [0.2, 0.25) is 5.88 Å². The second-order valence-electron chi connectivity index (χ2n) is 7.97. The number of nitriles is 1. The Morgan fingerprint density at radius 3 is 2.73 bits per heavy atom. The van der Waals surface area contributed by atoms with Gasteiger partial charge in [0.15, 0.2) is 0 Å². The molecule has 0 amide bonds. The van der Waals surface area contributed by atoms with Gasteiger partial charge in [0.05, 0.1) is 17.7 Å². The summed E-state index contributed by atoms with van der Waals surface area (Å²) in [5.74, 6) is 2.37. The van der Waals surface area contributed by atoms with E-state index in [0.29, 0.717) is 29.0 Å². The Balaban J connectivity index is 1.81. The Morgan fingerprint density at radius 1 is 1.30 bits per heavy atom. The van der Waals surface area contributed by atoms with E-state index in [1.807, 2.05) is 13.8 Å². The molecule has 2 aromatic heterocycles. The summed E-state index contributed by atoms with van der Waals surface area (Å²) < 4.78 is 5.92. The lowest BCUT2D eigenvalue weighted by molar-refractivity contribution is 0.231. The fourth-order valence-electron chi connectivity index (χ4n) is 3.82. The Bertz CT molecular complexity index is 923. The third-order valence-electron chi connectivity index (χ3n) is 5.29. The molecule has 0 aliphatic carbocycles. The number of allylic oxidation sites excluding steroid dienone is 2. The first-order valence-electron chi connectivity index (χ1n) is 10.7. The summed E-state index contributed by atoms with van der Waals surface area (Å²) in [6.07, 6.45) is 7.24. The molecule has 6 heteroatoms. The van der Waals surface area contributed by atoms with Crippen LogP contribution < -0.4 is 10.1 Å². The van der Waals surface area contributed by atoms with Crippen molar-refractivity contribution in [1.82, 2.24) is 14.9 Å². The van der Waals surface area contributed by atoms with Gasteiger partial charge in [0.1, 0.15) is 11.6 Å². The van der Waals surface area contributed by atoms with Crippen molar-refractivity contribution < 1.29 is 4.74 Å². The molecule has 0 saturated carbocycles. The van der Waals surface area contributed by atoms with Gasteiger partial charge in [-0.2, -0.15) is 10.2 Å². The van der Waals surface area contributed by atoms with Gasteiger partial charge < -0.3 is 15.0 Å². The van der Waals surface area contributed by atoms with Crippen molar-refractivity contribution in [3.63, 3.8) is 0 Å². The molecular weight excluding hydrogens is 374 g/mol. The van der Waals surface area contributed by atoms with Crippen LogP contribution in [-0.4, -0.2) is 34.1 Å². The molecular formula is C24H31N5O. The first kappa shape index (κ1) is 21.6. The number of anilines is 2. The van der Waals surface area contributed by atoms with Crippen LogP contribution in [0.15, 0.2) is 42.2 Å². The molecule has 2 aromatic rings. The highest BCUT2D eigenvalue weighted by atomic mass is 16.5. The zero-order valence-corrected chi connectivity index (χ0v) is 18.4. The van der Waals surface area contributed by atoms with E-state index in [0.717, 1.165) is 32.4 Å². The zero-order chi connectivity index (χ0) is 21.5. The highest BCUT2D eigenvalue weighted by Gasteiger charge is 2.22. The summed E-state index contributed by atoms with van der Waals surface area (Å²) in [7, 11) is 0. The Labute approximate surface area is 179 Å². The van der Waals surface area contributed by atoms with Gasteiger partial charge in [-0.15, -0.1) is 0 Å². The van der Waals surface area contributed by atoms with Gasteiger partial charge in [0, 0.05) is 31.0 Å². The van der Waals surface area contributed by atoms with Gasteiger partial charge in [-0.1, -0.05) is 13.0 Å². The van der Waals surface area contributed by atoms with Crippen molar-refractivity contribution in [3.05, 3.63) is 53.4 Å². The van der Waals surface area contributed by atoms with Crippen molar-refractivity contribution in [1.29, 1.82) is 5.26 Å². The van der Waals surface area contributed by atoms with E-state index in [1.54, 1.807) is 18.3 Å². The average molecular weight is 406 g/mol. The molecule has 0 bridgehead atoms. The number of nitrogens with zero attached hydrogens (tertiary/aromatic N) is 4. The third-order valence-corrected chi connectivity index (χ3v) is 5.29. The normalized spacial score (nSPS) is 15.2. The first-order valence-corrected chi connectivity index (χ1v) is 10.7. The standard InChI is InChI=1S/C24H31N5O/c1-5-6-18(4)29-11-8-20(9-12-29)21-14-23(28-24(15-21)30-17(2)3)27-22-13-19(16-25)7-10-26-22/h6-7,10,13-15,17,20H,5,8-9,11-12H2,1-4H3,(H,26,27,28)/b18-6-. The number of ether oxygens (including phenoxy) is 1. The molecule has 0 aromatic carbocycles. The molecule has 3 heterocycles. The van der Waals surface area contributed by atoms with Crippen molar-refractivity contribution >= 4 is 11.6 Å². The molecule has 3 rings (SSSR count). The minimum Gasteiger partial charge on any atom is -0.475 e. The molecule has 1 N–H and O–H groups in total. The van der Waals surface area contributed by atoms with Gasteiger partial charge >= 0.3 is 0 Å². The minimum atomic E-state index is 0.0457. The number of rotatable bonds is 7. The number of nitrogens with one attached hydrogen (secondary N) is 1. The van der Waals surface area contributed by atoms with Crippen molar-refractivity contribution in [2.24, 2.45) is 0 Å². The smallest absolute Gasteiger partial charge is 0.215 e. The molecule has 1 aliphatic heterocycles. The fraction of sp³-hybridized carbons (Fsp3) is 0.458. The van der Waals surface area contributed by atoms with E-state index in [4.69, 9.17) is 10.00 Å². The average Bonchev–Trinajstić information content (AvgIpc) is 2.73. The Morgan fingerprint density at radius 2 is 2.07 bits per heavy atom. The van der Waals surface area contributed by atoms with Crippen LogP contribution in [0, 0.1) is 11.3 Å². The molecule has 0 spiro atoms. The van der Waals surface area contributed by atoms with Crippen LogP contribution >= 0.6 is 0 Å². The van der Waals surface area contributed by atoms with Crippen LogP contribution in [0.3, 0.4) is 0 Å². The molecule has 1 fully saturated rings. The van der Waals surface area contributed by atoms with Crippen LogP contribution in [0.5, 0.6) is 5.88 Å². The molecule has 0 radical (unpaired) electrons.